The van der Waals surface area contributed by atoms with Gasteiger partial charge in [-0.3, -0.25) is 0 Å². The molecule has 1 aliphatic rings. The van der Waals surface area contributed by atoms with Crippen LogP contribution in [0.4, 0.5) is 17.1 Å². The van der Waals surface area contributed by atoms with Crippen molar-refractivity contribution >= 4 is 38.9 Å². The fourth-order valence-electron chi connectivity index (χ4n) is 11.6. The molecule has 0 fully saturated rings. The van der Waals surface area contributed by atoms with Gasteiger partial charge in [0.2, 0.25) is 0 Å². The van der Waals surface area contributed by atoms with Crippen molar-refractivity contribution in [1.82, 2.24) is 4.57 Å². The Kier molecular flexibility index (Phi) is 12.1. The summed E-state index contributed by atoms with van der Waals surface area (Å²) in [7, 11) is 0. The lowest BCUT2D eigenvalue weighted by atomic mass is 9.72. The molecule has 1 aliphatic carbocycles. The summed E-state index contributed by atoms with van der Waals surface area (Å²) in [5.41, 5.74) is 20.6. The average Bonchev–Trinajstić information content (AvgIpc) is 3.83. The van der Waals surface area contributed by atoms with Crippen LogP contribution in [0.2, 0.25) is 0 Å². The first-order chi connectivity index (χ1) is 35.0. The first-order valence-electron chi connectivity index (χ1n) is 26.3. The van der Waals surface area contributed by atoms with E-state index in [2.05, 4.69) is 285 Å². The fourth-order valence-corrected chi connectivity index (χ4v) is 11.6. The van der Waals surface area contributed by atoms with E-state index in [0.29, 0.717) is 11.8 Å². The summed E-state index contributed by atoms with van der Waals surface area (Å²) in [6, 6.07) is 76.7. The van der Waals surface area contributed by atoms with Crippen LogP contribution in [-0.4, -0.2) is 10.2 Å². The molecule has 1 aromatic heterocycles. The Morgan fingerprint density at radius 2 is 0.945 bits per heavy atom. The molecule has 73 heavy (non-hydrogen) atoms. The summed E-state index contributed by atoms with van der Waals surface area (Å²) in [5, 5.41) is 2.45. The molecule has 0 radical (unpaired) electrons. The van der Waals surface area contributed by atoms with E-state index in [-0.39, 0.29) is 16.4 Å². The monoisotopic (exact) mass is 953 g/mol. The molecule has 0 bridgehead atoms. The minimum Gasteiger partial charge on any atom is -0.488 e. The van der Waals surface area contributed by atoms with Crippen LogP contribution < -0.4 is 9.64 Å². The van der Waals surface area contributed by atoms with Crippen molar-refractivity contribution < 1.29 is 4.74 Å². The van der Waals surface area contributed by atoms with Gasteiger partial charge in [0.25, 0.3) is 0 Å². The van der Waals surface area contributed by atoms with E-state index in [4.69, 9.17) is 4.74 Å². The summed E-state index contributed by atoms with van der Waals surface area (Å²) < 4.78 is 8.66. The van der Waals surface area contributed by atoms with Gasteiger partial charge in [-0.05, 0) is 191 Å². The van der Waals surface area contributed by atoms with Gasteiger partial charge in [-0.1, -0.05) is 170 Å². The molecule has 0 aliphatic heterocycles. The van der Waals surface area contributed by atoms with Gasteiger partial charge in [0, 0.05) is 38.9 Å². The van der Waals surface area contributed by atoms with Crippen LogP contribution in [0.1, 0.15) is 98.3 Å². The second-order valence-corrected chi connectivity index (χ2v) is 23.4. The molecule has 9 aromatic carbocycles. The number of benzene rings is 9. The van der Waals surface area contributed by atoms with Crippen LogP contribution in [0.15, 0.2) is 206 Å². The predicted octanol–water partition coefficient (Wildman–Crippen LogP) is 19.9. The van der Waals surface area contributed by atoms with E-state index in [1.54, 1.807) is 0 Å². The minimum absolute atomic E-state index is 0.116. The highest BCUT2D eigenvalue weighted by Gasteiger charge is 2.36. The maximum atomic E-state index is 6.26. The molecule has 11 rings (SSSR count). The first-order valence-corrected chi connectivity index (χ1v) is 26.3. The van der Waals surface area contributed by atoms with Gasteiger partial charge >= 0.3 is 0 Å². The van der Waals surface area contributed by atoms with Crippen molar-refractivity contribution in [3.05, 3.63) is 223 Å². The molecule has 0 saturated carbocycles. The highest BCUT2D eigenvalue weighted by Crippen LogP contribution is 2.51. The molecule has 3 nitrogen and oxygen atoms in total. The van der Waals surface area contributed by atoms with Crippen molar-refractivity contribution in [2.75, 3.05) is 4.90 Å². The number of anilines is 3. The highest BCUT2D eigenvalue weighted by molar-refractivity contribution is 6.11. The second kappa shape index (κ2) is 18.5. The van der Waals surface area contributed by atoms with Crippen molar-refractivity contribution in [3.8, 4) is 55.9 Å². The van der Waals surface area contributed by atoms with Crippen LogP contribution in [0.5, 0.6) is 5.75 Å². The van der Waals surface area contributed by atoms with E-state index in [0.717, 1.165) is 28.5 Å². The average molecular weight is 953 g/mol. The molecule has 0 saturated heterocycles. The third-order valence-electron chi connectivity index (χ3n) is 15.2. The van der Waals surface area contributed by atoms with Crippen LogP contribution in [0.3, 0.4) is 0 Å². The predicted molar refractivity (Wildman–Crippen MR) is 311 cm³/mol. The third kappa shape index (κ3) is 9.16. The molecule has 10 aromatic rings. The lowest BCUT2D eigenvalue weighted by Crippen LogP contribution is -2.22. The molecule has 0 N–H and O–H groups in total. The number of fused-ring (bicyclic) bond motifs is 6. The summed E-state index contributed by atoms with van der Waals surface area (Å²) >= 11 is 0. The maximum absolute atomic E-state index is 6.26. The molecular weight excluding hydrogens is 885 g/mol. The van der Waals surface area contributed by atoms with E-state index in [1.165, 1.54) is 89.4 Å². The lowest BCUT2D eigenvalue weighted by Gasteiger charge is -2.32. The lowest BCUT2D eigenvalue weighted by molar-refractivity contribution is 0.131. The fraction of sp³-hybridized carbons (Fsp3) is 0.229. The smallest absolute Gasteiger partial charge is 0.120 e. The summed E-state index contributed by atoms with van der Waals surface area (Å²) in [6.45, 7) is 22.8. The molecule has 0 amide bonds. The third-order valence-corrected chi connectivity index (χ3v) is 15.2. The quantitative estimate of drug-likeness (QED) is 0.129. The zero-order valence-corrected chi connectivity index (χ0v) is 44.3. The molecule has 3 heteroatoms. The Bertz CT molecular complexity index is 3600. The van der Waals surface area contributed by atoms with Crippen LogP contribution >= 0.6 is 0 Å². The van der Waals surface area contributed by atoms with Gasteiger partial charge in [-0.15, -0.1) is 0 Å². The molecule has 1 heterocycles. The number of hydrogen-bond donors (Lipinski definition) is 0. The number of hydrogen-bond acceptors (Lipinski definition) is 2. The summed E-state index contributed by atoms with van der Waals surface area (Å²) in [5.74, 6) is 1.99. The van der Waals surface area contributed by atoms with Gasteiger partial charge in [0.15, 0.2) is 0 Å². The Balaban J connectivity index is 0.997. The van der Waals surface area contributed by atoms with E-state index >= 15 is 0 Å². The standard InChI is InChI=1S/C70H68N2O/c1-46(2)42-64(68(3,4)5)51-22-20-49(21-23-51)52-28-40-66-61(43-52)62-44-53(29-41-67(62)72(66)56-34-37-58(38-35-56)73-69(6,7)8)50-26-32-55(33-27-50)71(54-30-24-48(25-31-54)47-16-12-11-13-17-47)57-36-39-60-59-18-14-15-19-63(59)70(9,10)65(60)45-57/h11-41,43-46,64H,42H2,1-10H3. The molecular formula is C70H68N2O. The van der Waals surface area contributed by atoms with E-state index < -0.39 is 0 Å². The van der Waals surface area contributed by atoms with Gasteiger partial charge in [0.1, 0.15) is 11.4 Å². The highest BCUT2D eigenvalue weighted by atomic mass is 16.5. The SMILES string of the molecule is CC(C)CC(c1ccc(-c2ccc3c(c2)c2cc(-c4ccc(N(c5ccc(-c6ccccc6)cc5)c5ccc6c(c5)C(C)(C)c5ccccc5-6)cc4)ccc2n3-c2ccc(OC(C)(C)C)cc2)cc1)C(C)(C)C. The van der Waals surface area contributed by atoms with Crippen LogP contribution in [-0.2, 0) is 5.41 Å². The molecule has 1 atom stereocenters. The number of ether oxygens (including phenoxy) is 1. The molecule has 364 valence electrons. The second-order valence-electron chi connectivity index (χ2n) is 23.4. The Morgan fingerprint density at radius 1 is 0.466 bits per heavy atom. The number of aromatic nitrogens is 1. The van der Waals surface area contributed by atoms with Gasteiger partial charge in [-0.25, -0.2) is 0 Å². The van der Waals surface area contributed by atoms with Crippen molar-refractivity contribution in [1.29, 1.82) is 0 Å². The Hall–Kier alpha value is -7.62. The van der Waals surface area contributed by atoms with E-state index in [9.17, 15) is 0 Å². The maximum Gasteiger partial charge on any atom is 0.120 e. The molecule has 1 unspecified atom stereocenters. The molecule has 0 spiro atoms. The zero-order chi connectivity index (χ0) is 50.8. The normalized spacial score (nSPS) is 13.6. The van der Waals surface area contributed by atoms with Crippen LogP contribution in [0, 0.1) is 11.3 Å². The number of nitrogens with zero attached hydrogens (tertiary/aromatic N) is 2. The van der Waals surface area contributed by atoms with Gasteiger partial charge in [0.05, 0.1) is 11.0 Å². The van der Waals surface area contributed by atoms with Gasteiger partial charge in [-0.2, -0.15) is 0 Å². The largest absolute Gasteiger partial charge is 0.488 e. The van der Waals surface area contributed by atoms with Crippen molar-refractivity contribution in [2.24, 2.45) is 11.3 Å². The summed E-state index contributed by atoms with van der Waals surface area (Å²) in [4.78, 5) is 2.41. The summed E-state index contributed by atoms with van der Waals surface area (Å²) in [6.07, 6.45) is 1.17. The first kappa shape index (κ1) is 47.7. The zero-order valence-electron chi connectivity index (χ0n) is 44.3. The number of rotatable bonds is 11. The Labute approximate surface area is 433 Å². The Morgan fingerprint density at radius 3 is 1.49 bits per heavy atom. The van der Waals surface area contributed by atoms with E-state index in [1.807, 2.05) is 0 Å². The van der Waals surface area contributed by atoms with Crippen LogP contribution in [0.25, 0.3) is 72.0 Å². The minimum atomic E-state index is -0.280. The van der Waals surface area contributed by atoms with Crippen molar-refractivity contribution in [2.45, 2.75) is 92.6 Å². The van der Waals surface area contributed by atoms with Crippen molar-refractivity contribution in [3.63, 3.8) is 0 Å². The van der Waals surface area contributed by atoms with Gasteiger partial charge < -0.3 is 14.2 Å². The topological polar surface area (TPSA) is 17.4 Å².